The summed E-state index contributed by atoms with van der Waals surface area (Å²) in [4.78, 5) is 11.9. The maximum absolute atomic E-state index is 13.9. The largest absolute Gasteiger partial charge is 0.358 e. The third kappa shape index (κ3) is 2.80. The number of rotatable bonds is 3. The maximum Gasteiger partial charge on any atom is 0.312 e. The molecule has 0 aliphatic carbocycles. The Kier molecular flexibility index (Phi) is 3.81. The van der Waals surface area contributed by atoms with Crippen LogP contribution in [0.4, 0.5) is 20.3 Å². The lowest BCUT2D eigenvalue weighted by Gasteiger charge is -2.23. The number of aromatic nitrogens is 4. The Morgan fingerprint density at radius 1 is 1.21 bits per heavy atom. The van der Waals surface area contributed by atoms with Gasteiger partial charge in [-0.15, -0.1) is 0 Å². The first-order valence-corrected chi connectivity index (χ1v) is 7.75. The van der Waals surface area contributed by atoms with Crippen molar-refractivity contribution in [2.45, 2.75) is 25.5 Å². The fourth-order valence-corrected chi connectivity index (χ4v) is 2.83. The Morgan fingerprint density at radius 3 is 2.92 bits per heavy atom. The highest BCUT2D eigenvalue weighted by Gasteiger charge is 2.21. The number of imidazole rings is 1. The molecule has 0 radical (unpaired) electrons. The molecule has 0 bridgehead atoms. The van der Waals surface area contributed by atoms with E-state index in [1.165, 1.54) is 12.1 Å². The van der Waals surface area contributed by atoms with Gasteiger partial charge in [0.25, 0.3) is 0 Å². The number of benzene rings is 1. The molecule has 1 fully saturated rings. The van der Waals surface area contributed by atoms with Crippen LogP contribution in [0.15, 0.2) is 30.6 Å². The average molecular weight is 331 g/mol. The molecule has 1 N–H and O–H groups in total. The fraction of sp³-hybridized carbons (Fsp3) is 0.312. The van der Waals surface area contributed by atoms with Crippen molar-refractivity contribution >= 4 is 22.7 Å². The summed E-state index contributed by atoms with van der Waals surface area (Å²) in [5.74, 6) is -0.204. The molecule has 1 saturated heterocycles. The third-order valence-corrected chi connectivity index (χ3v) is 3.95. The van der Waals surface area contributed by atoms with Crippen LogP contribution in [0.5, 0.6) is 0 Å². The van der Waals surface area contributed by atoms with Crippen LogP contribution in [0, 0.1) is 11.9 Å². The molecular weight excluding hydrogens is 316 g/mol. The van der Waals surface area contributed by atoms with Crippen molar-refractivity contribution in [1.29, 1.82) is 0 Å². The standard InChI is InChI=1S/C16H15F2N5O/c17-10-4-3-5-11(8-10)20-14-13-15(22-16(18)21-14)23(9-19-13)12-6-1-2-7-24-12/h3-5,8-9,12H,1-2,6-7H2,(H,20,21,22). The Morgan fingerprint density at radius 2 is 2.12 bits per heavy atom. The second-order valence-electron chi connectivity index (χ2n) is 5.62. The van der Waals surface area contributed by atoms with Crippen molar-refractivity contribution in [3.05, 3.63) is 42.5 Å². The average Bonchev–Trinajstić information content (AvgIpc) is 2.99. The number of anilines is 2. The summed E-state index contributed by atoms with van der Waals surface area (Å²) in [6, 6.07) is 5.85. The summed E-state index contributed by atoms with van der Waals surface area (Å²) in [5, 5.41) is 2.90. The van der Waals surface area contributed by atoms with E-state index in [2.05, 4.69) is 20.3 Å². The number of ether oxygens (including phenoxy) is 1. The Balaban J connectivity index is 1.74. The SMILES string of the molecule is Fc1cccc(Nc2nc(F)nc3c2ncn3C2CCCCO2)c1. The van der Waals surface area contributed by atoms with Crippen LogP contribution in [0.3, 0.4) is 0 Å². The van der Waals surface area contributed by atoms with E-state index in [1.54, 1.807) is 23.0 Å². The first kappa shape index (κ1) is 14.9. The molecule has 1 aromatic carbocycles. The van der Waals surface area contributed by atoms with E-state index in [9.17, 15) is 8.78 Å². The monoisotopic (exact) mass is 331 g/mol. The van der Waals surface area contributed by atoms with Gasteiger partial charge in [-0.25, -0.2) is 9.37 Å². The van der Waals surface area contributed by atoms with Gasteiger partial charge in [0.2, 0.25) is 0 Å². The molecular formula is C16H15F2N5O. The van der Waals surface area contributed by atoms with Crippen molar-refractivity contribution < 1.29 is 13.5 Å². The molecule has 1 aliphatic heterocycles. The molecule has 1 aliphatic rings. The predicted octanol–water partition coefficient (Wildman–Crippen LogP) is 3.55. The van der Waals surface area contributed by atoms with Gasteiger partial charge in [-0.1, -0.05) is 6.07 Å². The van der Waals surface area contributed by atoms with Gasteiger partial charge in [0.15, 0.2) is 17.0 Å². The molecule has 3 aromatic rings. The van der Waals surface area contributed by atoms with E-state index >= 15 is 0 Å². The van der Waals surface area contributed by atoms with Crippen molar-refractivity contribution in [1.82, 2.24) is 19.5 Å². The summed E-state index contributed by atoms with van der Waals surface area (Å²) in [7, 11) is 0. The first-order valence-electron chi connectivity index (χ1n) is 7.75. The summed E-state index contributed by atoms with van der Waals surface area (Å²) in [5.41, 5.74) is 1.22. The number of nitrogens with zero attached hydrogens (tertiary/aromatic N) is 4. The quantitative estimate of drug-likeness (QED) is 0.744. The second-order valence-corrected chi connectivity index (χ2v) is 5.62. The van der Waals surface area contributed by atoms with Crippen LogP contribution in [0.2, 0.25) is 0 Å². The Bertz CT molecular complexity index is 876. The number of fused-ring (bicyclic) bond motifs is 1. The molecule has 0 spiro atoms. The van der Waals surface area contributed by atoms with Gasteiger partial charge in [0.1, 0.15) is 12.0 Å². The number of halogens is 2. The van der Waals surface area contributed by atoms with Crippen LogP contribution in [0.25, 0.3) is 11.2 Å². The van der Waals surface area contributed by atoms with E-state index in [-0.39, 0.29) is 12.0 Å². The minimum atomic E-state index is -0.876. The zero-order valence-electron chi connectivity index (χ0n) is 12.7. The highest BCUT2D eigenvalue weighted by molar-refractivity contribution is 5.85. The van der Waals surface area contributed by atoms with E-state index in [0.29, 0.717) is 23.5 Å². The molecule has 24 heavy (non-hydrogen) atoms. The van der Waals surface area contributed by atoms with E-state index in [4.69, 9.17) is 4.74 Å². The minimum Gasteiger partial charge on any atom is -0.358 e. The third-order valence-electron chi connectivity index (χ3n) is 3.95. The van der Waals surface area contributed by atoms with Gasteiger partial charge in [-0.2, -0.15) is 14.4 Å². The van der Waals surface area contributed by atoms with Gasteiger partial charge < -0.3 is 10.1 Å². The van der Waals surface area contributed by atoms with Crippen molar-refractivity contribution in [3.8, 4) is 0 Å². The molecule has 0 amide bonds. The molecule has 4 rings (SSSR count). The van der Waals surface area contributed by atoms with Gasteiger partial charge in [-0.05, 0) is 37.5 Å². The zero-order valence-corrected chi connectivity index (χ0v) is 12.7. The second kappa shape index (κ2) is 6.12. The summed E-state index contributed by atoms with van der Waals surface area (Å²) >= 11 is 0. The molecule has 3 heterocycles. The lowest BCUT2D eigenvalue weighted by Crippen LogP contribution is -2.18. The molecule has 2 aromatic heterocycles. The Labute approximate surface area is 136 Å². The molecule has 0 saturated carbocycles. The van der Waals surface area contributed by atoms with E-state index in [1.807, 2.05) is 0 Å². The lowest BCUT2D eigenvalue weighted by atomic mass is 10.2. The lowest BCUT2D eigenvalue weighted by molar-refractivity contribution is -0.0298. The van der Waals surface area contributed by atoms with Crippen LogP contribution in [-0.4, -0.2) is 26.1 Å². The topological polar surface area (TPSA) is 64.9 Å². The van der Waals surface area contributed by atoms with Crippen molar-refractivity contribution in [2.24, 2.45) is 0 Å². The van der Waals surface area contributed by atoms with Crippen LogP contribution in [0.1, 0.15) is 25.5 Å². The Hall–Kier alpha value is -2.61. The summed E-state index contributed by atoms with van der Waals surface area (Å²) in [6.45, 7) is 0.659. The van der Waals surface area contributed by atoms with Gasteiger partial charge in [0.05, 0.1) is 6.33 Å². The highest BCUT2D eigenvalue weighted by atomic mass is 19.1. The predicted molar refractivity (Wildman–Crippen MR) is 83.8 cm³/mol. The van der Waals surface area contributed by atoms with Gasteiger partial charge in [-0.3, -0.25) is 4.57 Å². The zero-order chi connectivity index (χ0) is 16.5. The van der Waals surface area contributed by atoms with Gasteiger partial charge >= 0.3 is 6.08 Å². The van der Waals surface area contributed by atoms with Crippen LogP contribution < -0.4 is 5.32 Å². The summed E-state index contributed by atoms with van der Waals surface area (Å²) < 4.78 is 34.6. The van der Waals surface area contributed by atoms with E-state index in [0.717, 1.165) is 19.3 Å². The van der Waals surface area contributed by atoms with E-state index < -0.39 is 11.9 Å². The number of hydrogen-bond donors (Lipinski definition) is 1. The summed E-state index contributed by atoms with van der Waals surface area (Å²) in [6.07, 6.45) is 3.36. The minimum absolute atomic E-state index is 0.192. The number of hydrogen-bond acceptors (Lipinski definition) is 5. The maximum atomic E-state index is 13.9. The smallest absolute Gasteiger partial charge is 0.312 e. The first-order chi connectivity index (χ1) is 11.7. The molecule has 8 heteroatoms. The molecule has 1 unspecified atom stereocenters. The normalized spacial score (nSPS) is 18.0. The molecule has 6 nitrogen and oxygen atoms in total. The molecule has 124 valence electrons. The van der Waals surface area contributed by atoms with Crippen LogP contribution >= 0.6 is 0 Å². The fourth-order valence-electron chi connectivity index (χ4n) is 2.83. The van der Waals surface area contributed by atoms with Crippen molar-refractivity contribution in [3.63, 3.8) is 0 Å². The van der Waals surface area contributed by atoms with Crippen LogP contribution in [-0.2, 0) is 4.74 Å². The molecule has 1 atom stereocenters. The highest BCUT2D eigenvalue weighted by Crippen LogP contribution is 2.28. The van der Waals surface area contributed by atoms with Crippen molar-refractivity contribution in [2.75, 3.05) is 11.9 Å². The van der Waals surface area contributed by atoms with Gasteiger partial charge in [0, 0.05) is 12.3 Å². The number of nitrogens with one attached hydrogen (secondary N) is 1.